The first kappa shape index (κ1) is 14.3. The SMILES string of the molecule is CN1CCCC2(CC1)OCCNC2CC(C)(C)C. The maximum atomic E-state index is 6.30. The number of nitrogens with zero attached hydrogens (tertiary/aromatic N) is 1. The zero-order valence-corrected chi connectivity index (χ0v) is 12.6. The van der Waals surface area contributed by atoms with Crippen molar-refractivity contribution in [2.45, 2.75) is 58.1 Å². The van der Waals surface area contributed by atoms with Gasteiger partial charge in [-0.3, -0.25) is 0 Å². The summed E-state index contributed by atoms with van der Waals surface area (Å²) in [5.74, 6) is 0. The van der Waals surface area contributed by atoms with E-state index in [1.807, 2.05) is 0 Å². The Morgan fingerprint density at radius 1 is 1.28 bits per heavy atom. The van der Waals surface area contributed by atoms with Crippen LogP contribution in [0.25, 0.3) is 0 Å². The summed E-state index contributed by atoms with van der Waals surface area (Å²) in [5.41, 5.74) is 0.458. The van der Waals surface area contributed by atoms with Gasteiger partial charge >= 0.3 is 0 Å². The standard InChI is InChI=1S/C15H30N2O/c1-14(2,3)12-13-15(18-11-8-16-13)6-5-9-17(4)10-7-15/h13,16H,5-12H2,1-4H3. The largest absolute Gasteiger partial charge is 0.372 e. The van der Waals surface area contributed by atoms with Gasteiger partial charge in [0.05, 0.1) is 12.2 Å². The first-order chi connectivity index (χ1) is 8.41. The maximum absolute atomic E-state index is 6.30. The highest BCUT2D eigenvalue weighted by Crippen LogP contribution is 2.36. The van der Waals surface area contributed by atoms with Crippen LogP contribution in [0.1, 0.15) is 46.5 Å². The van der Waals surface area contributed by atoms with Crippen LogP contribution in [0.5, 0.6) is 0 Å². The topological polar surface area (TPSA) is 24.5 Å². The number of rotatable bonds is 1. The van der Waals surface area contributed by atoms with E-state index in [4.69, 9.17) is 4.74 Å². The molecule has 1 spiro atoms. The van der Waals surface area contributed by atoms with E-state index in [9.17, 15) is 0 Å². The van der Waals surface area contributed by atoms with E-state index >= 15 is 0 Å². The summed E-state index contributed by atoms with van der Waals surface area (Å²) in [5, 5.41) is 3.74. The lowest BCUT2D eigenvalue weighted by molar-refractivity contribution is -0.112. The summed E-state index contributed by atoms with van der Waals surface area (Å²) in [6.07, 6.45) is 4.86. The fraction of sp³-hybridized carbons (Fsp3) is 1.00. The van der Waals surface area contributed by atoms with Crippen molar-refractivity contribution in [3.63, 3.8) is 0 Å². The van der Waals surface area contributed by atoms with Crippen LogP contribution in [-0.2, 0) is 4.74 Å². The third-order valence-corrected chi connectivity index (χ3v) is 4.39. The van der Waals surface area contributed by atoms with Crippen LogP contribution < -0.4 is 5.32 Å². The van der Waals surface area contributed by atoms with E-state index in [2.05, 4.69) is 38.0 Å². The lowest BCUT2D eigenvalue weighted by atomic mass is 9.76. The van der Waals surface area contributed by atoms with Crippen molar-refractivity contribution in [1.29, 1.82) is 0 Å². The Hall–Kier alpha value is -0.120. The molecular formula is C15H30N2O. The molecule has 2 aliphatic heterocycles. The van der Waals surface area contributed by atoms with Gasteiger partial charge in [0.2, 0.25) is 0 Å². The van der Waals surface area contributed by atoms with Crippen molar-refractivity contribution < 1.29 is 4.74 Å². The molecule has 18 heavy (non-hydrogen) atoms. The summed E-state index contributed by atoms with van der Waals surface area (Å²) in [7, 11) is 2.23. The van der Waals surface area contributed by atoms with Gasteiger partial charge in [-0.15, -0.1) is 0 Å². The molecule has 0 aromatic rings. The fourth-order valence-electron chi connectivity index (χ4n) is 3.40. The molecule has 2 unspecified atom stereocenters. The first-order valence-corrected chi connectivity index (χ1v) is 7.47. The molecule has 3 heteroatoms. The Morgan fingerprint density at radius 3 is 2.78 bits per heavy atom. The van der Waals surface area contributed by atoms with E-state index in [0.29, 0.717) is 11.5 Å². The molecule has 2 atom stereocenters. The van der Waals surface area contributed by atoms with E-state index < -0.39 is 0 Å². The molecule has 0 aliphatic carbocycles. The molecule has 0 amide bonds. The van der Waals surface area contributed by atoms with Crippen molar-refractivity contribution in [3.05, 3.63) is 0 Å². The molecule has 0 aromatic carbocycles. The van der Waals surface area contributed by atoms with Crippen LogP contribution in [0.15, 0.2) is 0 Å². The summed E-state index contributed by atoms with van der Waals surface area (Å²) in [6, 6.07) is 0.526. The second kappa shape index (κ2) is 5.48. The van der Waals surface area contributed by atoms with Crippen LogP contribution in [0.2, 0.25) is 0 Å². The number of nitrogens with one attached hydrogen (secondary N) is 1. The van der Waals surface area contributed by atoms with Gasteiger partial charge in [-0.25, -0.2) is 0 Å². The lowest BCUT2D eigenvalue weighted by Gasteiger charge is -2.46. The molecule has 2 saturated heterocycles. The van der Waals surface area contributed by atoms with Gasteiger partial charge in [0.15, 0.2) is 0 Å². The molecule has 0 bridgehead atoms. The zero-order chi connectivity index (χ0) is 13.2. The summed E-state index contributed by atoms with van der Waals surface area (Å²) in [6.45, 7) is 11.3. The Labute approximate surface area is 112 Å². The van der Waals surface area contributed by atoms with E-state index in [1.165, 1.54) is 38.8 Å². The predicted molar refractivity (Wildman–Crippen MR) is 75.9 cm³/mol. The molecule has 2 fully saturated rings. The minimum atomic E-state index is 0.0935. The Kier molecular flexibility index (Phi) is 4.35. The van der Waals surface area contributed by atoms with Crippen molar-refractivity contribution in [2.24, 2.45) is 5.41 Å². The van der Waals surface area contributed by atoms with Crippen LogP contribution >= 0.6 is 0 Å². The number of morpholine rings is 1. The fourth-order valence-corrected chi connectivity index (χ4v) is 3.40. The van der Waals surface area contributed by atoms with Gasteiger partial charge in [0, 0.05) is 19.1 Å². The highest BCUT2D eigenvalue weighted by atomic mass is 16.5. The molecule has 0 aromatic heterocycles. The molecule has 2 aliphatic rings. The first-order valence-electron chi connectivity index (χ1n) is 7.47. The third-order valence-electron chi connectivity index (χ3n) is 4.39. The highest BCUT2D eigenvalue weighted by molar-refractivity contribution is 4.99. The van der Waals surface area contributed by atoms with Gasteiger partial charge in [0.1, 0.15) is 0 Å². The van der Waals surface area contributed by atoms with E-state index in [-0.39, 0.29) is 5.60 Å². The average Bonchev–Trinajstić information content (AvgIpc) is 2.44. The van der Waals surface area contributed by atoms with Crippen LogP contribution in [0.4, 0.5) is 0 Å². The molecule has 0 radical (unpaired) electrons. The van der Waals surface area contributed by atoms with Gasteiger partial charge in [-0.1, -0.05) is 20.8 Å². The number of hydrogen-bond donors (Lipinski definition) is 1. The zero-order valence-electron chi connectivity index (χ0n) is 12.6. The minimum Gasteiger partial charge on any atom is -0.372 e. The normalized spacial score (nSPS) is 35.7. The van der Waals surface area contributed by atoms with Crippen molar-refractivity contribution in [2.75, 3.05) is 33.3 Å². The second-order valence-electron chi connectivity index (χ2n) is 7.34. The van der Waals surface area contributed by atoms with Crippen molar-refractivity contribution in [3.8, 4) is 0 Å². The molecule has 1 N–H and O–H groups in total. The Bertz CT molecular complexity index is 274. The minimum absolute atomic E-state index is 0.0935. The van der Waals surface area contributed by atoms with Crippen molar-refractivity contribution >= 4 is 0 Å². The van der Waals surface area contributed by atoms with Gasteiger partial charge < -0.3 is 15.0 Å². The molecule has 3 nitrogen and oxygen atoms in total. The Balaban J connectivity index is 2.10. The molecule has 0 saturated carbocycles. The third kappa shape index (κ3) is 3.46. The highest BCUT2D eigenvalue weighted by Gasteiger charge is 2.43. The Morgan fingerprint density at radius 2 is 2.06 bits per heavy atom. The molecular weight excluding hydrogens is 224 g/mol. The lowest BCUT2D eigenvalue weighted by Crippen LogP contribution is -2.59. The van der Waals surface area contributed by atoms with E-state index in [0.717, 1.165) is 13.2 Å². The molecule has 2 rings (SSSR count). The van der Waals surface area contributed by atoms with Gasteiger partial charge in [-0.2, -0.15) is 0 Å². The monoisotopic (exact) mass is 254 g/mol. The smallest absolute Gasteiger partial charge is 0.0848 e. The van der Waals surface area contributed by atoms with Crippen molar-refractivity contribution in [1.82, 2.24) is 10.2 Å². The second-order valence-corrected chi connectivity index (χ2v) is 7.34. The van der Waals surface area contributed by atoms with Crippen LogP contribution in [0, 0.1) is 5.41 Å². The van der Waals surface area contributed by atoms with Gasteiger partial charge in [0.25, 0.3) is 0 Å². The molecule has 2 heterocycles. The number of ether oxygens (including phenoxy) is 1. The quantitative estimate of drug-likeness (QED) is 0.777. The molecule has 106 valence electrons. The summed E-state index contributed by atoms with van der Waals surface area (Å²) >= 11 is 0. The maximum Gasteiger partial charge on any atom is 0.0848 e. The van der Waals surface area contributed by atoms with Gasteiger partial charge in [-0.05, 0) is 44.7 Å². The number of hydrogen-bond acceptors (Lipinski definition) is 3. The number of likely N-dealkylation sites (tertiary alicyclic amines) is 1. The summed E-state index contributed by atoms with van der Waals surface area (Å²) < 4.78 is 6.30. The van der Waals surface area contributed by atoms with Crippen LogP contribution in [-0.4, -0.2) is 49.8 Å². The van der Waals surface area contributed by atoms with Crippen LogP contribution in [0.3, 0.4) is 0 Å². The predicted octanol–water partition coefficient (Wildman–Crippen LogP) is 2.27. The summed E-state index contributed by atoms with van der Waals surface area (Å²) in [4.78, 5) is 2.45. The average molecular weight is 254 g/mol. The van der Waals surface area contributed by atoms with E-state index in [1.54, 1.807) is 0 Å².